The summed E-state index contributed by atoms with van der Waals surface area (Å²) < 4.78 is 5.24. The lowest BCUT2D eigenvalue weighted by Crippen LogP contribution is -2.23. The summed E-state index contributed by atoms with van der Waals surface area (Å²) in [5, 5.41) is 12.7. The van der Waals surface area contributed by atoms with E-state index in [1.54, 1.807) is 0 Å². The van der Waals surface area contributed by atoms with Crippen molar-refractivity contribution in [1.29, 1.82) is 0 Å². The maximum absolute atomic E-state index is 9.32. The fraction of sp³-hybridized carbons (Fsp3) is 1.00. The highest BCUT2D eigenvalue weighted by Gasteiger charge is 2.21. The normalized spacial score (nSPS) is 27.0. The summed E-state index contributed by atoms with van der Waals surface area (Å²) in [4.78, 5) is 0. The molecule has 2 atom stereocenters. The third kappa shape index (κ3) is 4.94. The van der Waals surface area contributed by atoms with Gasteiger partial charge in [0.15, 0.2) is 0 Å². The Morgan fingerprint density at radius 3 is 2.93 bits per heavy atom. The Kier molecular flexibility index (Phi) is 6.15. The van der Waals surface area contributed by atoms with Gasteiger partial charge in [-0.2, -0.15) is 0 Å². The second-order valence-electron chi connectivity index (χ2n) is 4.09. The van der Waals surface area contributed by atoms with Gasteiger partial charge in [-0.25, -0.2) is 0 Å². The Balaban J connectivity index is 1.84. The molecule has 1 fully saturated rings. The summed E-state index contributed by atoms with van der Waals surface area (Å²) in [6.07, 6.45) is 4.21. The highest BCUT2D eigenvalue weighted by atomic mass is 16.5. The highest BCUT2D eigenvalue weighted by molar-refractivity contribution is 4.75. The van der Waals surface area contributed by atoms with Crippen molar-refractivity contribution in [3.8, 4) is 0 Å². The SMILES string of the molecule is CCOCCCNCC1CCC(O)C1. The van der Waals surface area contributed by atoms with E-state index < -0.39 is 0 Å². The number of aliphatic hydroxyl groups excluding tert-OH is 1. The summed E-state index contributed by atoms with van der Waals surface area (Å²) in [6.45, 7) is 5.79. The van der Waals surface area contributed by atoms with E-state index in [1.807, 2.05) is 6.92 Å². The highest BCUT2D eigenvalue weighted by Crippen LogP contribution is 2.24. The van der Waals surface area contributed by atoms with Crippen molar-refractivity contribution in [2.45, 2.75) is 38.7 Å². The molecule has 84 valence electrons. The van der Waals surface area contributed by atoms with Gasteiger partial charge < -0.3 is 15.2 Å². The molecule has 14 heavy (non-hydrogen) atoms. The number of aliphatic hydroxyl groups is 1. The maximum Gasteiger partial charge on any atom is 0.0543 e. The van der Waals surface area contributed by atoms with Crippen LogP contribution in [0.25, 0.3) is 0 Å². The lowest BCUT2D eigenvalue weighted by molar-refractivity contribution is 0.144. The van der Waals surface area contributed by atoms with Gasteiger partial charge in [-0.1, -0.05) is 0 Å². The molecule has 1 aliphatic rings. The lowest BCUT2D eigenvalue weighted by Gasteiger charge is -2.10. The third-order valence-corrected chi connectivity index (χ3v) is 2.79. The Hall–Kier alpha value is -0.120. The topological polar surface area (TPSA) is 41.5 Å². The van der Waals surface area contributed by atoms with Crippen LogP contribution in [0.2, 0.25) is 0 Å². The van der Waals surface area contributed by atoms with E-state index in [2.05, 4.69) is 5.32 Å². The first-order valence-corrected chi connectivity index (χ1v) is 5.79. The van der Waals surface area contributed by atoms with Crippen LogP contribution in [0.1, 0.15) is 32.6 Å². The number of hydrogen-bond acceptors (Lipinski definition) is 3. The van der Waals surface area contributed by atoms with Crippen LogP contribution >= 0.6 is 0 Å². The van der Waals surface area contributed by atoms with E-state index in [1.165, 1.54) is 6.42 Å². The van der Waals surface area contributed by atoms with Crippen LogP contribution in [0.3, 0.4) is 0 Å². The second-order valence-corrected chi connectivity index (χ2v) is 4.09. The Bertz CT molecular complexity index is 141. The number of nitrogens with one attached hydrogen (secondary N) is 1. The lowest BCUT2D eigenvalue weighted by atomic mass is 10.1. The predicted octanol–water partition coefficient (Wildman–Crippen LogP) is 1.16. The maximum atomic E-state index is 9.32. The molecule has 2 unspecified atom stereocenters. The summed E-state index contributed by atoms with van der Waals surface area (Å²) in [7, 11) is 0. The summed E-state index contributed by atoms with van der Waals surface area (Å²) in [6, 6.07) is 0. The van der Waals surface area contributed by atoms with Crippen LogP contribution in [0.4, 0.5) is 0 Å². The summed E-state index contributed by atoms with van der Waals surface area (Å²) in [5.41, 5.74) is 0. The zero-order valence-electron chi connectivity index (χ0n) is 9.17. The van der Waals surface area contributed by atoms with Gasteiger partial charge in [-0.05, 0) is 51.6 Å². The predicted molar refractivity (Wildman–Crippen MR) is 57.3 cm³/mol. The molecule has 1 rings (SSSR count). The van der Waals surface area contributed by atoms with Crippen LogP contribution in [0.5, 0.6) is 0 Å². The fourth-order valence-electron chi connectivity index (χ4n) is 1.98. The quantitative estimate of drug-likeness (QED) is 0.607. The minimum Gasteiger partial charge on any atom is -0.393 e. The molecule has 1 aliphatic carbocycles. The smallest absolute Gasteiger partial charge is 0.0543 e. The fourth-order valence-corrected chi connectivity index (χ4v) is 1.98. The number of rotatable bonds is 7. The average molecular weight is 201 g/mol. The van der Waals surface area contributed by atoms with Crippen LogP contribution in [0.15, 0.2) is 0 Å². The molecule has 0 aliphatic heterocycles. The first-order valence-electron chi connectivity index (χ1n) is 5.79. The largest absolute Gasteiger partial charge is 0.393 e. The van der Waals surface area contributed by atoms with E-state index in [9.17, 15) is 5.11 Å². The Morgan fingerprint density at radius 2 is 2.29 bits per heavy atom. The Labute approximate surface area is 86.8 Å². The van der Waals surface area contributed by atoms with Crippen molar-refractivity contribution in [1.82, 2.24) is 5.32 Å². The molecule has 2 N–H and O–H groups in total. The Morgan fingerprint density at radius 1 is 1.43 bits per heavy atom. The zero-order chi connectivity index (χ0) is 10.2. The van der Waals surface area contributed by atoms with E-state index in [4.69, 9.17) is 4.74 Å². The van der Waals surface area contributed by atoms with Gasteiger partial charge in [0.1, 0.15) is 0 Å². The van der Waals surface area contributed by atoms with Crippen molar-refractivity contribution >= 4 is 0 Å². The first kappa shape index (κ1) is 12.0. The van der Waals surface area contributed by atoms with Crippen molar-refractivity contribution in [2.75, 3.05) is 26.3 Å². The first-order chi connectivity index (χ1) is 6.83. The minimum absolute atomic E-state index is 0.0368. The van der Waals surface area contributed by atoms with Gasteiger partial charge in [-0.15, -0.1) is 0 Å². The van der Waals surface area contributed by atoms with E-state index in [0.29, 0.717) is 5.92 Å². The molecule has 0 bridgehead atoms. The van der Waals surface area contributed by atoms with Gasteiger partial charge in [-0.3, -0.25) is 0 Å². The number of ether oxygens (including phenoxy) is 1. The molecule has 0 aromatic heterocycles. The van der Waals surface area contributed by atoms with Crippen molar-refractivity contribution in [2.24, 2.45) is 5.92 Å². The molecule has 0 amide bonds. The van der Waals surface area contributed by atoms with Gasteiger partial charge >= 0.3 is 0 Å². The minimum atomic E-state index is -0.0368. The molecule has 0 heterocycles. The molecule has 3 heteroatoms. The molecule has 0 aromatic carbocycles. The monoisotopic (exact) mass is 201 g/mol. The van der Waals surface area contributed by atoms with Crippen molar-refractivity contribution in [3.05, 3.63) is 0 Å². The van der Waals surface area contributed by atoms with Crippen LogP contribution in [-0.2, 0) is 4.74 Å². The summed E-state index contributed by atoms with van der Waals surface area (Å²) in [5.74, 6) is 0.692. The molecule has 0 spiro atoms. The summed E-state index contributed by atoms with van der Waals surface area (Å²) >= 11 is 0. The third-order valence-electron chi connectivity index (χ3n) is 2.79. The standard InChI is InChI=1S/C11H23NO2/c1-2-14-7-3-6-12-9-10-4-5-11(13)8-10/h10-13H,2-9H2,1H3. The van der Waals surface area contributed by atoms with E-state index in [-0.39, 0.29) is 6.10 Å². The molecule has 0 aromatic rings. The molecule has 3 nitrogen and oxygen atoms in total. The van der Waals surface area contributed by atoms with E-state index in [0.717, 1.165) is 45.6 Å². The zero-order valence-corrected chi connectivity index (χ0v) is 9.17. The van der Waals surface area contributed by atoms with Gasteiger partial charge in [0.25, 0.3) is 0 Å². The molecular weight excluding hydrogens is 178 g/mol. The molecule has 0 saturated heterocycles. The average Bonchev–Trinajstić information content (AvgIpc) is 2.58. The molecule has 1 saturated carbocycles. The van der Waals surface area contributed by atoms with Crippen molar-refractivity contribution in [3.63, 3.8) is 0 Å². The van der Waals surface area contributed by atoms with Gasteiger partial charge in [0.2, 0.25) is 0 Å². The van der Waals surface area contributed by atoms with Crippen molar-refractivity contribution < 1.29 is 9.84 Å². The molecular formula is C11H23NO2. The van der Waals surface area contributed by atoms with E-state index >= 15 is 0 Å². The van der Waals surface area contributed by atoms with Crippen LogP contribution in [0, 0.1) is 5.92 Å². The molecule has 0 radical (unpaired) electrons. The van der Waals surface area contributed by atoms with Crippen LogP contribution in [-0.4, -0.2) is 37.5 Å². The second kappa shape index (κ2) is 7.21. The number of hydrogen-bond donors (Lipinski definition) is 2. The van der Waals surface area contributed by atoms with Gasteiger partial charge in [0, 0.05) is 13.2 Å². The van der Waals surface area contributed by atoms with Gasteiger partial charge in [0.05, 0.1) is 6.10 Å². The van der Waals surface area contributed by atoms with Crippen LogP contribution < -0.4 is 5.32 Å².